The Bertz CT molecular complexity index is 390. The van der Waals surface area contributed by atoms with Crippen molar-refractivity contribution in [2.45, 2.75) is 168 Å². The van der Waals surface area contributed by atoms with Gasteiger partial charge in [0, 0.05) is 0 Å². The molecule has 1 fully saturated rings. The summed E-state index contributed by atoms with van der Waals surface area (Å²) >= 11 is 0. The fourth-order valence-corrected chi connectivity index (χ4v) is 5.84. The molecule has 0 aliphatic heterocycles. The maximum atomic E-state index is 2.38. The Hall–Kier alpha value is -0.0400. The van der Waals surface area contributed by atoms with Gasteiger partial charge in [0.05, 0.1) is 0 Å². The second-order valence-corrected chi connectivity index (χ2v) is 12.0. The Morgan fingerprint density at radius 2 is 0.909 bits per heavy atom. The van der Waals surface area contributed by atoms with Crippen LogP contribution in [0.15, 0.2) is 0 Å². The van der Waals surface area contributed by atoms with Crippen molar-refractivity contribution in [1.82, 2.24) is 4.90 Å². The molecule has 198 valence electrons. The first-order valence-corrected chi connectivity index (χ1v) is 15.8. The van der Waals surface area contributed by atoms with Gasteiger partial charge in [-0.2, -0.15) is 0 Å². The van der Waals surface area contributed by atoms with Crippen LogP contribution in [0.2, 0.25) is 0 Å². The third-order valence-electron chi connectivity index (χ3n) is 8.39. The lowest BCUT2D eigenvalue weighted by molar-refractivity contribution is 0.314. The Morgan fingerprint density at radius 3 is 1.33 bits per heavy atom. The predicted molar refractivity (Wildman–Crippen MR) is 151 cm³/mol. The van der Waals surface area contributed by atoms with E-state index in [0.717, 1.165) is 17.8 Å². The monoisotopic (exact) mass is 464 g/mol. The Balaban J connectivity index is 1.95. The quantitative estimate of drug-likeness (QED) is 0.115. The van der Waals surface area contributed by atoms with Crippen molar-refractivity contribution in [3.05, 3.63) is 0 Å². The van der Waals surface area contributed by atoms with Crippen LogP contribution < -0.4 is 0 Å². The molecule has 3 atom stereocenters. The first kappa shape index (κ1) is 31.0. The minimum absolute atomic E-state index is 0.984. The van der Waals surface area contributed by atoms with Gasteiger partial charge in [-0.25, -0.2) is 0 Å². The molecule has 1 rings (SSSR count). The van der Waals surface area contributed by atoms with Gasteiger partial charge in [-0.3, -0.25) is 0 Å². The molecule has 0 saturated heterocycles. The maximum Gasteiger partial charge on any atom is -0.00222 e. The molecule has 0 radical (unpaired) electrons. The molecule has 0 heterocycles. The molecule has 0 amide bonds. The SMILES string of the molecule is CCCCCCCCCC(CCCCCCCC1CC1CCCCCCCC)CCN(C)C. The highest BCUT2D eigenvalue weighted by Gasteiger charge is 2.34. The first-order valence-electron chi connectivity index (χ1n) is 15.8. The van der Waals surface area contributed by atoms with Crippen LogP contribution in [0.3, 0.4) is 0 Å². The molecular formula is C32H65N. The van der Waals surface area contributed by atoms with Crippen molar-refractivity contribution >= 4 is 0 Å². The van der Waals surface area contributed by atoms with E-state index in [-0.39, 0.29) is 0 Å². The molecule has 33 heavy (non-hydrogen) atoms. The van der Waals surface area contributed by atoms with E-state index in [1.807, 2.05) is 0 Å². The van der Waals surface area contributed by atoms with E-state index in [9.17, 15) is 0 Å². The molecule has 0 bridgehead atoms. The van der Waals surface area contributed by atoms with Gasteiger partial charge in [-0.1, -0.05) is 155 Å². The van der Waals surface area contributed by atoms with E-state index in [0.29, 0.717) is 0 Å². The van der Waals surface area contributed by atoms with Crippen molar-refractivity contribution in [1.29, 1.82) is 0 Å². The highest BCUT2D eigenvalue weighted by molar-refractivity contribution is 4.85. The van der Waals surface area contributed by atoms with Gasteiger partial charge in [0.15, 0.2) is 0 Å². The third-order valence-corrected chi connectivity index (χ3v) is 8.39. The fourth-order valence-electron chi connectivity index (χ4n) is 5.84. The number of nitrogens with zero attached hydrogens (tertiary/aromatic N) is 1. The number of unbranched alkanes of at least 4 members (excludes halogenated alkanes) is 15. The molecule has 0 aromatic rings. The highest BCUT2D eigenvalue weighted by atomic mass is 15.0. The summed E-state index contributed by atoms with van der Waals surface area (Å²) in [5, 5.41) is 0. The number of hydrogen-bond acceptors (Lipinski definition) is 1. The van der Waals surface area contributed by atoms with Crippen LogP contribution in [0.25, 0.3) is 0 Å². The predicted octanol–water partition coefficient (Wildman–Crippen LogP) is 10.8. The molecule has 0 N–H and O–H groups in total. The summed E-state index contributed by atoms with van der Waals surface area (Å²) in [5.41, 5.74) is 0. The van der Waals surface area contributed by atoms with Gasteiger partial charge in [0.25, 0.3) is 0 Å². The summed E-state index contributed by atoms with van der Waals surface area (Å²) in [4.78, 5) is 2.38. The third kappa shape index (κ3) is 19.9. The van der Waals surface area contributed by atoms with Crippen LogP contribution in [-0.4, -0.2) is 25.5 Å². The molecule has 1 saturated carbocycles. The molecule has 0 aromatic heterocycles. The topological polar surface area (TPSA) is 3.24 Å². The first-order chi connectivity index (χ1) is 16.2. The highest BCUT2D eigenvalue weighted by Crippen LogP contribution is 2.45. The van der Waals surface area contributed by atoms with E-state index in [4.69, 9.17) is 0 Å². The Labute approximate surface area is 211 Å². The van der Waals surface area contributed by atoms with Gasteiger partial charge >= 0.3 is 0 Å². The summed E-state index contributed by atoms with van der Waals surface area (Å²) < 4.78 is 0. The molecule has 3 unspecified atom stereocenters. The average molecular weight is 464 g/mol. The van der Waals surface area contributed by atoms with Crippen molar-refractivity contribution in [2.24, 2.45) is 17.8 Å². The minimum Gasteiger partial charge on any atom is -0.309 e. The second kappa shape index (κ2) is 22.4. The van der Waals surface area contributed by atoms with Crippen LogP contribution in [0.1, 0.15) is 168 Å². The standard InChI is InChI=1S/C32H65N/c1-5-7-9-11-13-15-19-23-30(27-28-33(3)4)24-20-16-14-18-22-26-32-29-31(32)25-21-17-12-10-8-6-2/h30-32H,5-29H2,1-4H3. The molecular weight excluding hydrogens is 398 g/mol. The second-order valence-electron chi connectivity index (χ2n) is 12.0. The van der Waals surface area contributed by atoms with E-state index < -0.39 is 0 Å². The van der Waals surface area contributed by atoms with Crippen LogP contribution >= 0.6 is 0 Å². The van der Waals surface area contributed by atoms with E-state index in [2.05, 4.69) is 32.8 Å². The Morgan fingerprint density at radius 1 is 0.515 bits per heavy atom. The van der Waals surface area contributed by atoms with Crippen molar-refractivity contribution in [3.63, 3.8) is 0 Å². The lowest BCUT2D eigenvalue weighted by atomic mass is 9.91. The molecule has 0 aromatic carbocycles. The molecule has 0 spiro atoms. The molecule has 1 aliphatic rings. The zero-order valence-corrected chi connectivity index (χ0v) is 23.9. The van der Waals surface area contributed by atoms with Crippen molar-refractivity contribution in [3.8, 4) is 0 Å². The summed E-state index contributed by atoms with van der Waals surface area (Å²) in [6.45, 7) is 5.91. The smallest absolute Gasteiger partial charge is 0.00222 e. The number of hydrogen-bond donors (Lipinski definition) is 0. The molecule has 1 aliphatic carbocycles. The van der Waals surface area contributed by atoms with Gasteiger partial charge in [-0.05, 0) is 51.2 Å². The summed E-state index contributed by atoms with van der Waals surface area (Å²) in [6, 6.07) is 0. The van der Waals surface area contributed by atoms with Crippen LogP contribution in [0.5, 0.6) is 0 Å². The van der Waals surface area contributed by atoms with Crippen LogP contribution in [0.4, 0.5) is 0 Å². The zero-order chi connectivity index (χ0) is 24.0. The molecule has 1 nitrogen and oxygen atoms in total. The Kier molecular flexibility index (Phi) is 21.1. The number of rotatable bonds is 26. The zero-order valence-electron chi connectivity index (χ0n) is 23.9. The minimum atomic E-state index is 0.984. The summed E-state index contributed by atoms with van der Waals surface area (Å²) in [5.74, 6) is 3.23. The normalized spacial score (nSPS) is 18.8. The van der Waals surface area contributed by atoms with Crippen molar-refractivity contribution in [2.75, 3.05) is 20.6 Å². The van der Waals surface area contributed by atoms with E-state index >= 15 is 0 Å². The van der Waals surface area contributed by atoms with Crippen molar-refractivity contribution < 1.29 is 0 Å². The lowest BCUT2D eigenvalue weighted by Gasteiger charge is -2.19. The van der Waals surface area contributed by atoms with E-state index in [1.165, 1.54) is 141 Å². The largest absolute Gasteiger partial charge is 0.309 e. The maximum absolute atomic E-state index is 2.38. The average Bonchev–Trinajstić information content (AvgIpc) is 3.55. The van der Waals surface area contributed by atoms with Gasteiger partial charge in [0.2, 0.25) is 0 Å². The van der Waals surface area contributed by atoms with Gasteiger partial charge in [-0.15, -0.1) is 0 Å². The summed E-state index contributed by atoms with van der Waals surface area (Å²) in [7, 11) is 4.48. The fraction of sp³-hybridized carbons (Fsp3) is 1.00. The van der Waals surface area contributed by atoms with Crippen LogP contribution in [-0.2, 0) is 0 Å². The molecule has 1 heteroatoms. The van der Waals surface area contributed by atoms with Gasteiger partial charge in [0.1, 0.15) is 0 Å². The van der Waals surface area contributed by atoms with E-state index in [1.54, 1.807) is 19.3 Å². The lowest BCUT2D eigenvalue weighted by Crippen LogP contribution is -2.17. The van der Waals surface area contributed by atoms with Crippen LogP contribution in [0, 0.1) is 17.8 Å². The van der Waals surface area contributed by atoms with Gasteiger partial charge < -0.3 is 4.90 Å². The summed E-state index contributed by atoms with van der Waals surface area (Å²) in [6.07, 6.45) is 35.5.